The van der Waals surface area contributed by atoms with Gasteiger partial charge in [0.15, 0.2) is 5.82 Å². The Labute approximate surface area is 84.0 Å². The lowest BCUT2D eigenvalue weighted by atomic mass is 10.2. The van der Waals surface area contributed by atoms with Crippen molar-refractivity contribution in [1.29, 1.82) is 0 Å². The minimum atomic E-state index is 0.545. The maximum Gasteiger partial charge on any atom is 0.154 e. The molecule has 0 unspecified atom stereocenters. The number of hydrogen-bond donors (Lipinski definition) is 1. The normalized spacial score (nSPS) is 11.5. The minimum absolute atomic E-state index is 0.545. The molecule has 0 fully saturated rings. The number of thiophene rings is 1. The summed E-state index contributed by atoms with van der Waals surface area (Å²) >= 11 is 1.63. The summed E-state index contributed by atoms with van der Waals surface area (Å²) in [7, 11) is 1.90. The molecule has 0 spiro atoms. The van der Waals surface area contributed by atoms with Crippen molar-refractivity contribution in [1.82, 2.24) is 14.8 Å². The average Bonchev–Trinajstić information content (AvgIpc) is 2.71. The lowest BCUT2D eigenvalue weighted by molar-refractivity contribution is 0.804. The number of nitrogens with two attached hydrogens (primary N) is 1. The van der Waals surface area contributed by atoms with Gasteiger partial charge in [0.2, 0.25) is 0 Å². The molecule has 5 heteroatoms. The molecule has 0 aliphatic heterocycles. The first kappa shape index (κ1) is 7.75. The van der Waals surface area contributed by atoms with Crippen LogP contribution in [-0.2, 0) is 7.05 Å². The lowest BCUT2D eigenvalue weighted by Crippen LogP contribution is -1.91. The summed E-state index contributed by atoms with van der Waals surface area (Å²) in [6, 6.07) is 2.05. The van der Waals surface area contributed by atoms with E-state index in [0.29, 0.717) is 5.82 Å². The van der Waals surface area contributed by atoms with Crippen LogP contribution in [0.15, 0.2) is 17.6 Å². The number of hydrogen-bond acceptors (Lipinski definition) is 4. The predicted octanol–water partition coefficient (Wildman–Crippen LogP) is 1.77. The molecule has 14 heavy (non-hydrogen) atoms. The monoisotopic (exact) mass is 204 g/mol. The molecule has 3 aromatic rings. The average molecular weight is 204 g/mol. The fourth-order valence-electron chi connectivity index (χ4n) is 1.71. The molecular formula is C9H8N4S. The third-order valence-corrected chi connectivity index (χ3v) is 3.14. The van der Waals surface area contributed by atoms with Gasteiger partial charge >= 0.3 is 0 Å². The van der Waals surface area contributed by atoms with E-state index in [0.717, 1.165) is 21.1 Å². The van der Waals surface area contributed by atoms with E-state index in [2.05, 4.69) is 16.1 Å². The van der Waals surface area contributed by atoms with Crippen LogP contribution in [0.25, 0.3) is 21.1 Å². The summed E-state index contributed by atoms with van der Waals surface area (Å²) in [4.78, 5) is 5.36. The molecule has 70 valence electrons. The third-order valence-electron chi connectivity index (χ3n) is 2.32. The number of fused-ring (bicyclic) bond motifs is 3. The Morgan fingerprint density at radius 2 is 2.29 bits per heavy atom. The van der Waals surface area contributed by atoms with Crippen molar-refractivity contribution < 1.29 is 0 Å². The zero-order chi connectivity index (χ0) is 9.71. The van der Waals surface area contributed by atoms with Crippen molar-refractivity contribution in [3.63, 3.8) is 0 Å². The summed E-state index contributed by atoms with van der Waals surface area (Å²) < 4.78 is 1.81. The molecule has 0 aliphatic rings. The second-order valence-corrected chi connectivity index (χ2v) is 4.06. The van der Waals surface area contributed by atoms with E-state index in [1.54, 1.807) is 22.2 Å². The van der Waals surface area contributed by atoms with Crippen LogP contribution in [-0.4, -0.2) is 14.8 Å². The number of rotatable bonds is 0. The number of nitrogen functional groups attached to an aromatic ring is 1. The van der Waals surface area contributed by atoms with Gasteiger partial charge in [-0.3, -0.25) is 4.68 Å². The van der Waals surface area contributed by atoms with E-state index in [9.17, 15) is 0 Å². The van der Waals surface area contributed by atoms with E-state index in [1.165, 1.54) is 0 Å². The van der Waals surface area contributed by atoms with E-state index < -0.39 is 0 Å². The number of pyridine rings is 1. The largest absolute Gasteiger partial charge is 0.382 e. The Morgan fingerprint density at radius 1 is 1.43 bits per heavy atom. The molecule has 0 saturated carbocycles. The maximum atomic E-state index is 5.77. The molecular weight excluding hydrogens is 196 g/mol. The van der Waals surface area contributed by atoms with Gasteiger partial charge in [0.25, 0.3) is 0 Å². The van der Waals surface area contributed by atoms with Crippen LogP contribution in [0.3, 0.4) is 0 Å². The van der Waals surface area contributed by atoms with E-state index in [4.69, 9.17) is 5.73 Å². The Balaban J connectivity index is 2.68. The molecule has 2 N–H and O–H groups in total. The molecule has 3 heterocycles. The first-order valence-corrected chi connectivity index (χ1v) is 5.10. The Morgan fingerprint density at radius 3 is 3.14 bits per heavy atom. The van der Waals surface area contributed by atoms with Crippen LogP contribution in [0.4, 0.5) is 5.82 Å². The quantitative estimate of drug-likeness (QED) is 0.607. The van der Waals surface area contributed by atoms with Gasteiger partial charge in [-0.2, -0.15) is 5.10 Å². The van der Waals surface area contributed by atoms with Gasteiger partial charge in [0.1, 0.15) is 4.83 Å². The van der Waals surface area contributed by atoms with Crippen molar-refractivity contribution in [3.8, 4) is 0 Å². The van der Waals surface area contributed by atoms with Crippen LogP contribution in [0.1, 0.15) is 0 Å². The zero-order valence-corrected chi connectivity index (χ0v) is 8.38. The Bertz CT molecular complexity index is 622. The maximum absolute atomic E-state index is 5.77. The van der Waals surface area contributed by atoms with Gasteiger partial charge in [0.05, 0.1) is 10.9 Å². The Kier molecular flexibility index (Phi) is 1.36. The molecule has 3 rings (SSSR count). The standard InChI is InChI=1S/C9H8N4S/c1-13-7-5-2-3-14-9(5)11-4-6(7)8(10)12-13/h2-4H,1H3,(H2,10,12). The molecule has 0 radical (unpaired) electrons. The van der Waals surface area contributed by atoms with Gasteiger partial charge in [-0.1, -0.05) is 0 Å². The van der Waals surface area contributed by atoms with E-state index in [1.807, 2.05) is 12.4 Å². The third kappa shape index (κ3) is 0.820. The smallest absolute Gasteiger partial charge is 0.154 e. The molecule has 0 amide bonds. The fraction of sp³-hybridized carbons (Fsp3) is 0.111. The van der Waals surface area contributed by atoms with E-state index >= 15 is 0 Å². The second-order valence-electron chi connectivity index (χ2n) is 3.17. The number of aryl methyl sites for hydroxylation is 1. The highest BCUT2D eigenvalue weighted by Crippen LogP contribution is 2.29. The van der Waals surface area contributed by atoms with Crippen molar-refractivity contribution in [2.24, 2.45) is 7.05 Å². The molecule has 0 aromatic carbocycles. The van der Waals surface area contributed by atoms with Crippen molar-refractivity contribution >= 4 is 38.3 Å². The van der Waals surface area contributed by atoms with Crippen molar-refractivity contribution in [2.75, 3.05) is 5.73 Å². The van der Waals surface area contributed by atoms with Gasteiger partial charge < -0.3 is 5.73 Å². The highest BCUT2D eigenvalue weighted by molar-refractivity contribution is 7.16. The van der Waals surface area contributed by atoms with Gasteiger partial charge in [-0.25, -0.2) is 4.98 Å². The number of nitrogens with zero attached hydrogens (tertiary/aromatic N) is 3. The molecule has 0 bridgehead atoms. The molecule has 0 atom stereocenters. The van der Waals surface area contributed by atoms with Crippen LogP contribution < -0.4 is 5.73 Å². The van der Waals surface area contributed by atoms with Crippen LogP contribution >= 0.6 is 11.3 Å². The van der Waals surface area contributed by atoms with Gasteiger partial charge in [-0.05, 0) is 11.4 Å². The van der Waals surface area contributed by atoms with Crippen molar-refractivity contribution in [3.05, 3.63) is 17.6 Å². The second kappa shape index (κ2) is 2.45. The molecule has 0 aliphatic carbocycles. The number of aromatic nitrogens is 3. The zero-order valence-electron chi connectivity index (χ0n) is 7.56. The summed E-state index contributed by atoms with van der Waals surface area (Å²) in [6.45, 7) is 0. The highest BCUT2D eigenvalue weighted by Gasteiger charge is 2.10. The Hall–Kier alpha value is -1.62. The predicted molar refractivity (Wildman–Crippen MR) is 58.3 cm³/mol. The van der Waals surface area contributed by atoms with Gasteiger partial charge in [-0.15, -0.1) is 11.3 Å². The van der Waals surface area contributed by atoms with Crippen LogP contribution in [0, 0.1) is 0 Å². The first-order chi connectivity index (χ1) is 6.77. The minimum Gasteiger partial charge on any atom is -0.382 e. The van der Waals surface area contributed by atoms with E-state index in [-0.39, 0.29) is 0 Å². The first-order valence-electron chi connectivity index (χ1n) is 4.22. The highest BCUT2D eigenvalue weighted by atomic mass is 32.1. The van der Waals surface area contributed by atoms with Crippen LogP contribution in [0.2, 0.25) is 0 Å². The molecule has 4 nitrogen and oxygen atoms in total. The van der Waals surface area contributed by atoms with Crippen molar-refractivity contribution in [2.45, 2.75) is 0 Å². The fourth-order valence-corrected chi connectivity index (χ4v) is 2.45. The van der Waals surface area contributed by atoms with Crippen LogP contribution in [0.5, 0.6) is 0 Å². The molecule has 0 saturated heterocycles. The summed E-state index contributed by atoms with van der Waals surface area (Å²) in [5.41, 5.74) is 6.83. The summed E-state index contributed by atoms with van der Waals surface area (Å²) in [6.07, 6.45) is 1.79. The summed E-state index contributed by atoms with van der Waals surface area (Å²) in [5.74, 6) is 0.545. The summed E-state index contributed by atoms with van der Waals surface area (Å²) in [5, 5.41) is 8.26. The molecule has 3 aromatic heterocycles. The SMILES string of the molecule is Cn1nc(N)c2cnc3sccc3c21. The number of anilines is 1. The van der Waals surface area contributed by atoms with Gasteiger partial charge in [0, 0.05) is 18.6 Å². The topological polar surface area (TPSA) is 56.7 Å². The lowest BCUT2D eigenvalue weighted by Gasteiger charge is -1.94.